The van der Waals surface area contributed by atoms with Gasteiger partial charge in [-0.05, 0) is 44.9 Å². The molecule has 2 aromatic rings. The minimum atomic E-state index is -0.00851. The Morgan fingerprint density at radius 1 is 1.26 bits per heavy atom. The zero-order chi connectivity index (χ0) is 16.2. The average Bonchev–Trinajstić information content (AvgIpc) is 2.89. The highest BCUT2D eigenvalue weighted by Gasteiger charge is 2.22. The van der Waals surface area contributed by atoms with Crippen molar-refractivity contribution in [3.05, 3.63) is 53.1 Å². The molecule has 1 saturated carbocycles. The number of aryl methyl sites for hydroxylation is 1. The molecule has 2 heterocycles. The summed E-state index contributed by atoms with van der Waals surface area (Å²) in [6, 6.07) is 8.32. The Kier molecular flexibility index (Phi) is 4.79. The second kappa shape index (κ2) is 6.99. The molecule has 4 heteroatoms. The molecular formula is C19H25N3O. The van der Waals surface area contributed by atoms with Gasteiger partial charge in [0.05, 0.1) is 17.8 Å². The van der Waals surface area contributed by atoms with Crippen molar-refractivity contribution in [2.45, 2.75) is 58.5 Å². The molecule has 23 heavy (non-hydrogen) atoms. The van der Waals surface area contributed by atoms with E-state index < -0.39 is 0 Å². The van der Waals surface area contributed by atoms with Crippen LogP contribution in [0.15, 0.2) is 30.5 Å². The minimum Gasteiger partial charge on any atom is -0.346 e. The molecule has 1 N–H and O–H groups in total. The van der Waals surface area contributed by atoms with E-state index in [2.05, 4.69) is 28.7 Å². The summed E-state index contributed by atoms with van der Waals surface area (Å²) in [5.74, 6) is -0.00851. The van der Waals surface area contributed by atoms with Crippen molar-refractivity contribution in [3.63, 3.8) is 0 Å². The maximum atomic E-state index is 12.5. The van der Waals surface area contributed by atoms with Crippen LogP contribution in [0.3, 0.4) is 0 Å². The third-order valence-corrected chi connectivity index (χ3v) is 4.83. The van der Waals surface area contributed by atoms with E-state index in [1.807, 2.05) is 24.3 Å². The van der Waals surface area contributed by atoms with Gasteiger partial charge in [0.25, 0.3) is 5.91 Å². The minimum absolute atomic E-state index is 0.00851. The Morgan fingerprint density at radius 2 is 2.04 bits per heavy atom. The molecule has 0 saturated heterocycles. The van der Waals surface area contributed by atoms with E-state index in [9.17, 15) is 4.79 Å². The first kappa shape index (κ1) is 15.8. The van der Waals surface area contributed by atoms with Gasteiger partial charge in [-0.3, -0.25) is 9.78 Å². The monoisotopic (exact) mass is 311 g/mol. The van der Waals surface area contributed by atoms with Gasteiger partial charge in [-0.1, -0.05) is 25.3 Å². The lowest BCUT2D eigenvalue weighted by Gasteiger charge is -2.26. The number of carbonyl (C=O) groups is 1. The zero-order valence-corrected chi connectivity index (χ0v) is 14.0. The third-order valence-electron chi connectivity index (χ3n) is 4.83. The molecule has 1 amide bonds. The maximum Gasteiger partial charge on any atom is 0.253 e. The molecule has 122 valence electrons. The number of hydrogen-bond donors (Lipinski definition) is 1. The standard InChI is InChI=1S/C19H25N3O/c1-14-12-18(15(2)22(14)17-9-4-3-5-10-17)19(23)21-13-16-8-6-7-11-20-16/h6-8,11-12,17H,3-5,9-10,13H2,1-2H3,(H,21,23). The third kappa shape index (κ3) is 3.46. The smallest absolute Gasteiger partial charge is 0.253 e. The van der Waals surface area contributed by atoms with Crippen molar-refractivity contribution < 1.29 is 4.79 Å². The first-order valence-corrected chi connectivity index (χ1v) is 8.53. The molecule has 0 aliphatic heterocycles. The summed E-state index contributed by atoms with van der Waals surface area (Å²) in [4.78, 5) is 16.8. The lowest BCUT2D eigenvalue weighted by atomic mass is 9.95. The fraction of sp³-hybridized carbons (Fsp3) is 0.474. The van der Waals surface area contributed by atoms with Crippen molar-refractivity contribution in [1.29, 1.82) is 0 Å². The molecule has 0 unspecified atom stereocenters. The van der Waals surface area contributed by atoms with Gasteiger partial charge in [0.1, 0.15) is 0 Å². The number of pyridine rings is 1. The highest BCUT2D eigenvalue weighted by Crippen LogP contribution is 2.32. The molecule has 1 aliphatic carbocycles. The molecular weight excluding hydrogens is 286 g/mol. The first-order valence-electron chi connectivity index (χ1n) is 8.53. The van der Waals surface area contributed by atoms with E-state index in [0.717, 1.165) is 17.0 Å². The fourth-order valence-electron chi connectivity index (χ4n) is 3.68. The predicted molar refractivity (Wildman–Crippen MR) is 91.4 cm³/mol. The Hall–Kier alpha value is -2.10. The summed E-state index contributed by atoms with van der Waals surface area (Å²) in [5, 5.41) is 2.98. The second-order valence-corrected chi connectivity index (χ2v) is 6.45. The summed E-state index contributed by atoms with van der Waals surface area (Å²) in [6.45, 7) is 4.64. The fourth-order valence-corrected chi connectivity index (χ4v) is 3.68. The quantitative estimate of drug-likeness (QED) is 0.930. The second-order valence-electron chi connectivity index (χ2n) is 6.45. The summed E-state index contributed by atoms with van der Waals surface area (Å²) in [5.41, 5.74) is 3.95. The molecule has 4 nitrogen and oxygen atoms in total. The number of nitrogens with zero attached hydrogens (tertiary/aromatic N) is 2. The van der Waals surface area contributed by atoms with Crippen molar-refractivity contribution in [2.24, 2.45) is 0 Å². The number of aromatic nitrogens is 2. The highest BCUT2D eigenvalue weighted by molar-refractivity contribution is 5.95. The van der Waals surface area contributed by atoms with Crippen LogP contribution in [0.4, 0.5) is 0 Å². The van der Waals surface area contributed by atoms with Crippen molar-refractivity contribution in [1.82, 2.24) is 14.9 Å². The van der Waals surface area contributed by atoms with Crippen LogP contribution in [-0.4, -0.2) is 15.5 Å². The number of hydrogen-bond acceptors (Lipinski definition) is 2. The van der Waals surface area contributed by atoms with Crippen molar-refractivity contribution in [3.8, 4) is 0 Å². The van der Waals surface area contributed by atoms with Crippen LogP contribution in [0, 0.1) is 13.8 Å². The van der Waals surface area contributed by atoms with Crippen molar-refractivity contribution >= 4 is 5.91 Å². The Morgan fingerprint density at radius 3 is 2.74 bits per heavy atom. The molecule has 0 bridgehead atoms. The first-order chi connectivity index (χ1) is 11.2. The van der Waals surface area contributed by atoms with Crippen LogP contribution in [0.5, 0.6) is 0 Å². The summed E-state index contributed by atoms with van der Waals surface area (Å²) < 4.78 is 2.37. The number of rotatable bonds is 4. The lowest BCUT2D eigenvalue weighted by molar-refractivity contribution is 0.0949. The van der Waals surface area contributed by atoms with Crippen LogP contribution >= 0.6 is 0 Å². The molecule has 0 spiro atoms. The highest BCUT2D eigenvalue weighted by atomic mass is 16.1. The topological polar surface area (TPSA) is 46.9 Å². The van der Waals surface area contributed by atoms with Gasteiger partial charge in [-0.15, -0.1) is 0 Å². The molecule has 0 aromatic carbocycles. The van der Waals surface area contributed by atoms with E-state index in [4.69, 9.17) is 0 Å². The summed E-state index contributed by atoms with van der Waals surface area (Å²) in [7, 11) is 0. The average molecular weight is 311 g/mol. The maximum absolute atomic E-state index is 12.5. The predicted octanol–water partition coefficient (Wildman–Crippen LogP) is 3.94. The Balaban J connectivity index is 1.73. The van der Waals surface area contributed by atoms with E-state index in [1.165, 1.54) is 37.8 Å². The van der Waals surface area contributed by atoms with Crippen molar-refractivity contribution in [2.75, 3.05) is 0 Å². The van der Waals surface area contributed by atoms with E-state index in [0.29, 0.717) is 12.6 Å². The SMILES string of the molecule is Cc1cc(C(=O)NCc2ccccn2)c(C)n1C1CCCCC1. The van der Waals surface area contributed by atoms with Gasteiger partial charge in [0, 0.05) is 23.6 Å². The molecule has 1 aliphatic rings. The molecule has 0 atom stereocenters. The largest absolute Gasteiger partial charge is 0.346 e. The van der Waals surface area contributed by atoms with Gasteiger partial charge < -0.3 is 9.88 Å². The lowest BCUT2D eigenvalue weighted by Crippen LogP contribution is -2.24. The zero-order valence-electron chi connectivity index (χ0n) is 14.0. The van der Waals surface area contributed by atoms with E-state index in [1.54, 1.807) is 6.20 Å². The van der Waals surface area contributed by atoms with Crippen LogP contribution in [0.25, 0.3) is 0 Å². The van der Waals surface area contributed by atoms with E-state index in [-0.39, 0.29) is 5.91 Å². The molecule has 2 aromatic heterocycles. The number of carbonyl (C=O) groups excluding carboxylic acids is 1. The van der Waals surface area contributed by atoms with Crippen LogP contribution in [-0.2, 0) is 6.54 Å². The van der Waals surface area contributed by atoms with Crippen LogP contribution < -0.4 is 5.32 Å². The van der Waals surface area contributed by atoms with Gasteiger partial charge in [0.15, 0.2) is 0 Å². The van der Waals surface area contributed by atoms with E-state index >= 15 is 0 Å². The van der Waals surface area contributed by atoms with Gasteiger partial charge in [-0.2, -0.15) is 0 Å². The number of amides is 1. The number of nitrogens with one attached hydrogen (secondary N) is 1. The van der Waals surface area contributed by atoms with Gasteiger partial charge >= 0.3 is 0 Å². The Bertz CT molecular complexity index is 669. The van der Waals surface area contributed by atoms with Crippen LogP contribution in [0.1, 0.15) is 65.6 Å². The molecule has 1 fully saturated rings. The Labute approximate surface area is 137 Å². The summed E-state index contributed by atoms with van der Waals surface area (Å²) in [6.07, 6.45) is 8.13. The normalized spacial score (nSPS) is 15.6. The summed E-state index contributed by atoms with van der Waals surface area (Å²) >= 11 is 0. The van der Waals surface area contributed by atoms with Gasteiger partial charge in [-0.25, -0.2) is 0 Å². The molecule has 3 rings (SSSR count). The van der Waals surface area contributed by atoms with Gasteiger partial charge in [0.2, 0.25) is 0 Å². The van der Waals surface area contributed by atoms with Crippen LogP contribution in [0.2, 0.25) is 0 Å². The molecule has 0 radical (unpaired) electrons.